The summed E-state index contributed by atoms with van der Waals surface area (Å²) in [6.45, 7) is 12.2. The molecule has 3 aromatic rings. The Kier molecular flexibility index (Phi) is 7.20. The van der Waals surface area contributed by atoms with Crippen molar-refractivity contribution in [3.63, 3.8) is 0 Å². The molecular weight excluding hydrogens is 502 g/mol. The third-order valence-electron chi connectivity index (χ3n) is 6.62. The Morgan fingerprint density at radius 2 is 1.87 bits per heavy atom. The second-order valence-electron chi connectivity index (χ2n) is 10.9. The Labute approximate surface area is 226 Å². The van der Waals surface area contributed by atoms with E-state index in [0.29, 0.717) is 40.6 Å². The normalized spacial score (nSPS) is 15.1. The standard InChI is InChI=1S/C28H33N5O4S/c1-17-10-11-18(15-19(17)21-9-7-8-13-33(21)37)30-26(36)31-23-20(16-22(38-23)27(2,3)4)24(34)32-14-12-29-25(35)28(32,5)6/h7-11,13,15-16H,12,14H2,1-6H3,(H,29,35)(H2,30,31,36). The molecule has 200 valence electrons. The maximum Gasteiger partial charge on any atom is 0.324 e. The molecule has 0 saturated carbocycles. The first kappa shape index (κ1) is 27.1. The van der Waals surface area contributed by atoms with Gasteiger partial charge >= 0.3 is 6.03 Å². The number of pyridine rings is 1. The molecule has 9 nitrogen and oxygen atoms in total. The van der Waals surface area contributed by atoms with E-state index >= 15 is 0 Å². The van der Waals surface area contributed by atoms with Crippen molar-refractivity contribution in [1.29, 1.82) is 0 Å². The van der Waals surface area contributed by atoms with Gasteiger partial charge in [0.2, 0.25) is 11.6 Å². The molecule has 2 aromatic heterocycles. The van der Waals surface area contributed by atoms with Gasteiger partial charge in [-0.3, -0.25) is 14.9 Å². The first-order valence-electron chi connectivity index (χ1n) is 12.4. The van der Waals surface area contributed by atoms with Crippen molar-refractivity contribution in [2.24, 2.45) is 0 Å². The number of urea groups is 1. The summed E-state index contributed by atoms with van der Waals surface area (Å²) in [4.78, 5) is 41.7. The van der Waals surface area contributed by atoms with Gasteiger partial charge in [-0.2, -0.15) is 4.73 Å². The fourth-order valence-electron chi connectivity index (χ4n) is 4.29. The van der Waals surface area contributed by atoms with Crippen LogP contribution in [-0.2, 0) is 10.2 Å². The minimum absolute atomic E-state index is 0.219. The van der Waals surface area contributed by atoms with Crippen molar-refractivity contribution in [3.05, 3.63) is 69.9 Å². The number of anilines is 2. The van der Waals surface area contributed by atoms with Gasteiger partial charge in [-0.15, -0.1) is 11.3 Å². The van der Waals surface area contributed by atoms with Gasteiger partial charge in [0.1, 0.15) is 10.5 Å². The molecule has 4 amide bonds. The van der Waals surface area contributed by atoms with Crippen LogP contribution in [0.1, 0.15) is 55.4 Å². The molecule has 1 saturated heterocycles. The molecule has 0 aliphatic carbocycles. The number of piperazine rings is 1. The highest BCUT2D eigenvalue weighted by molar-refractivity contribution is 7.16. The van der Waals surface area contributed by atoms with Gasteiger partial charge in [0.25, 0.3) is 5.91 Å². The molecule has 38 heavy (non-hydrogen) atoms. The summed E-state index contributed by atoms with van der Waals surface area (Å²) < 4.78 is 0.784. The first-order valence-corrected chi connectivity index (χ1v) is 13.2. The molecule has 0 unspecified atom stereocenters. The minimum Gasteiger partial charge on any atom is -0.618 e. The van der Waals surface area contributed by atoms with Crippen molar-refractivity contribution in [3.8, 4) is 11.3 Å². The lowest BCUT2D eigenvalue weighted by atomic mass is 9.93. The van der Waals surface area contributed by atoms with E-state index in [1.54, 1.807) is 55.1 Å². The zero-order chi connectivity index (χ0) is 27.8. The Morgan fingerprint density at radius 3 is 2.55 bits per heavy atom. The van der Waals surface area contributed by atoms with E-state index in [4.69, 9.17) is 0 Å². The van der Waals surface area contributed by atoms with E-state index in [1.807, 2.05) is 33.8 Å². The molecule has 1 aliphatic heterocycles. The van der Waals surface area contributed by atoms with Crippen LogP contribution in [0.2, 0.25) is 0 Å². The Hall–Kier alpha value is -3.92. The van der Waals surface area contributed by atoms with E-state index in [0.717, 1.165) is 15.2 Å². The van der Waals surface area contributed by atoms with Gasteiger partial charge in [-0.05, 0) is 56.0 Å². The van der Waals surface area contributed by atoms with Gasteiger partial charge in [-0.1, -0.05) is 26.8 Å². The second-order valence-corrected chi connectivity index (χ2v) is 11.9. The highest BCUT2D eigenvalue weighted by atomic mass is 32.1. The van der Waals surface area contributed by atoms with Crippen LogP contribution >= 0.6 is 11.3 Å². The summed E-state index contributed by atoms with van der Waals surface area (Å²) in [5, 5.41) is 21.2. The Morgan fingerprint density at radius 1 is 1.13 bits per heavy atom. The predicted octanol–water partition coefficient (Wildman–Crippen LogP) is 4.65. The fraction of sp³-hybridized carbons (Fsp3) is 0.357. The van der Waals surface area contributed by atoms with Gasteiger partial charge in [-0.25, -0.2) is 4.79 Å². The molecule has 3 N–H and O–H groups in total. The number of nitrogens with one attached hydrogen (secondary N) is 3. The molecule has 1 aromatic carbocycles. The van der Waals surface area contributed by atoms with E-state index in [9.17, 15) is 19.6 Å². The molecule has 1 aliphatic rings. The molecule has 0 spiro atoms. The monoisotopic (exact) mass is 535 g/mol. The molecular formula is C28H33N5O4S. The molecule has 0 radical (unpaired) electrons. The summed E-state index contributed by atoms with van der Waals surface area (Å²) >= 11 is 1.34. The van der Waals surface area contributed by atoms with Gasteiger partial charge in [0, 0.05) is 35.8 Å². The molecule has 4 rings (SSSR count). The third kappa shape index (κ3) is 5.35. The average Bonchev–Trinajstić information content (AvgIpc) is 3.26. The van der Waals surface area contributed by atoms with E-state index < -0.39 is 11.6 Å². The first-order chi connectivity index (χ1) is 17.8. The zero-order valence-electron chi connectivity index (χ0n) is 22.5. The summed E-state index contributed by atoms with van der Waals surface area (Å²) in [5.41, 5.74) is 1.64. The van der Waals surface area contributed by atoms with Crippen molar-refractivity contribution in [2.45, 2.75) is 52.5 Å². The van der Waals surface area contributed by atoms with Crippen LogP contribution in [0.5, 0.6) is 0 Å². The van der Waals surface area contributed by atoms with E-state index in [1.165, 1.54) is 17.5 Å². The Balaban J connectivity index is 1.62. The van der Waals surface area contributed by atoms with Crippen molar-refractivity contribution < 1.29 is 19.1 Å². The van der Waals surface area contributed by atoms with Crippen LogP contribution in [0.3, 0.4) is 0 Å². The van der Waals surface area contributed by atoms with Gasteiger partial charge in [0.15, 0.2) is 6.20 Å². The molecule has 0 atom stereocenters. The highest BCUT2D eigenvalue weighted by Crippen LogP contribution is 2.38. The molecule has 0 bridgehead atoms. The molecule has 10 heteroatoms. The van der Waals surface area contributed by atoms with Crippen LogP contribution in [-0.4, -0.2) is 41.4 Å². The summed E-state index contributed by atoms with van der Waals surface area (Å²) in [6, 6.07) is 11.8. The number of thiophene rings is 1. The van der Waals surface area contributed by atoms with Gasteiger partial charge < -0.3 is 20.7 Å². The van der Waals surface area contributed by atoms with E-state index in [2.05, 4.69) is 16.0 Å². The van der Waals surface area contributed by atoms with Crippen LogP contribution in [0, 0.1) is 12.1 Å². The minimum atomic E-state index is -1.02. The van der Waals surface area contributed by atoms with Crippen LogP contribution in [0.4, 0.5) is 15.5 Å². The summed E-state index contributed by atoms with van der Waals surface area (Å²) in [7, 11) is 0. The highest BCUT2D eigenvalue weighted by Gasteiger charge is 2.42. The number of nitrogens with zero attached hydrogens (tertiary/aromatic N) is 2. The number of rotatable bonds is 4. The number of aromatic nitrogens is 1. The lowest BCUT2D eigenvalue weighted by Gasteiger charge is -2.41. The van der Waals surface area contributed by atoms with Crippen molar-refractivity contribution in [1.82, 2.24) is 10.2 Å². The summed E-state index contributed by atoms with van der Waals surface area (Å²) in [5.74, 6) is -0.530. The number of benzene rings is 1. The fourth-order valence-corrected chi connectivity index (χ4v) is 5.39. The maximum atomic E-state index is 13.7. The maximum absolute atomic E-state index is 13.7. The largest absolute Gasteiger partial charge is 0.618 e. The number of carbonyl (C=O) groups is 3. The number of hydrogen-bond donors (Lipinski definition) is 3. The number of carbonyl (C=O) groups excluding carboxylic acids is 3. The van der Waals surface area contributed by atoms with Crippen molar-refractivity contribution in [2.75, 3.05) is 23.7 Å². The zero-order valence-corrected chi connectivity index (χ0v) is 23.3. The molecule has 1 fully saturated rings. The lowest BCUT2D eigenvalue weighted by Crippen LogP contribution is -2.63. The van der Waals surface area contributed by atoms with Crippen LogP contribution < -0.4 is 20.7 Å². The van der Waals surface area contributed by atoms with Crippen LogP contribution in [0.25, 0.3) is 11.3 Å². The topological polar surface area (TPSA) is 117 Å². The number of amides is 4. The van der Waals surface area contributed by atoms with E-state index in [-0.39, 0.29) is 17.2 Å². The second kappa shape index (κ2) is 10.1. The summed E-state index contributed by atoms with van der Waals surface area (Å²) in [6.07, 6.45) is 1.43. The predicted molar refractivity (Wildman–Crippen MR) is 149 cm³/mol. The quantitative estimate of drug-likeness (QED) is 0.333. The van der Waals surface area contributed by atoms with Gasteiger partial charge in [0.05, 0.1) is 11.1 Å². The number of aryl methyl sites for hydroxylation is 1. The van der Waals surface area contributed by atoms with Crippen LogP contribution in [0.15, 0.2) is 48.7 Å². The van der Waals surface area contributed by atoms with Crippen molar-refractivity contribution >= 4 is 39.9 Å². The third-order valence-corrected chi connectivity index (χ3v) is 8.10. The Bertz CT molecular complexity index is 1410. The number of hydrogen-bond acceptors (Lipinski definition) is 5. The molecule has 3 heterocycles. The lowest BCUT2D eigenvalue weighted by molar-refractivity contribution is -0.593. The average molecular weight is 536 g/mol. The SMILES string of the molecule is Cc1ccc(NC(=O)Nc2sc(C(C)(C)C)cc2C(=O)N2CCNC(=O)C2(C)C)cc1-c1cccc[n+]1[O-]. The smallest absolute Gasteiger partial charge is 0.324 e.